The summed E-state index contributed by atoms with van der Waals surface area (Å²) in [6.07, 6.45) is 0.947. The monoisotopic (exact) mass is 304 g/mol. The Bertz CT molecular complexity index is 310. The van der Waals surface area contributed by atoms with E-state index in [0.717, 1.165) is 5.56 Å². The largest absolute Gasteiger partial charge is 0.370 e. The maximum absolute atomic E-state index is 10.6. The molecule has 0 fully saturated rings. The first-order valence-electron chi connectivity index (χ1n) is 4.39. The lowest BCUT2D eigenvalue weighted by Crippen LogP contribution is -2.16. The van der Waals surface area contributed by atoms with Crippen LogP contribution in [0.1, 0.15) is 24.4 Å². The zero-order valence-corrected chi connectivity index (χ0v) is 9.90. The maximum Gasteiger partial charge on any atom is 0.217 e. The summed E-state index contributed by atoms with van der Waals surface area (Å²) in [5.74, 6) is -0.300. The van der Waals surface area contributed by atoms with Crippen molar-refractivity contribution < 1.29 is 4.79 Å². The molecule has 0 heterocycles. The predicted molar refractivity (Wildman–Crippen MR) is 64.5 cm³/mol. The molecule has 3 nitrogen and oxygen atoms in total. The first-order valence-corrected chi connectivity index (χ1v) is 5.47. The standard InChI is InChI=1S/C10H13IN2O/c11-8-3-1-7(2-4-8)9(12)5-6-10(13)14/h1-4,9H,5-6,12H2,(H2,13,14). The van der Waals surface area contributed by atoms with Gasteiger partial charge < -0.3 is 11.5 Å². The highest BCUT2D eigenvalue weighted by Crippen LogP contribution is 2.16. The molecule has 76 valence electrons. The number of carbonyl (C=O) groups is 1. The van der Waals surface area contributed by atoms with E-state index in [0.29, 0.717) is 12.8 Å². The van der Waals surface area contributed by atoms with E-state index in [4.69, 9.17) is 11.5 Å². The van der Waals surface area contributed by atoms with Crippen LogP contribution < -0.4 is 11.5 Å². The summed E-state index contributed by atoms with van der Waals surface area (Å²) in [5, 5.41) is 0. The molecule has 1 aromatic carbocycles. The Labute approximate surface area is 97.0 Å². The summed E-state index contributed by atoms with van der Waals surface area (Å²) in [7, 11) is 0. The fraction of sp³-hybridized carbons (Fsp3) is 0.300. The molecule has 1 rings (SSSR count). The van der Waals surface area contributed by atoms with E-state index in [-0.39, 0.29) is 11.9 Å². The van der Waals surface area contributed by atoms with Crippen molar-refractivity contribution in [2.24, 2.45) is 11.5 Å². The second-order valence-corrected chi connectivity index (χ2v) is 4.41. The third-order valence-electron chi connectivity index (χ3n) is 2.00. The molecule has 0 aliphatic heterocycles. The van der Waals surface area contributed by atoms with Crippen molar-refractivity contribution in [3.05, 3.63) is 33.4 Å². The smallest absolute Gasteiger partial charge is 0.217 e. The van der Waals surface area contributed by atoms with Crippen LogP contribution in [0.5, 0.6) is 0 Å². The average molecular weight is 304 g/mol. The lowest BCUT2D eigenvalue weighted by Gasteiger charge is -2.10. The minimum atomic E-state index is -0.300. The Morgan fingerprint density at radius 1 is 1.36 bits per heavy atom. The normalized spacial score (nSPS) is 12.4. The molecule has 0 bridgehead atoms. The maximum atomic E-state index is 10.6. The molecule has 0 aromatic heterocycles. The molecule has 0 radical (unpaired) electrons. The van der Waals surface area contributed by atoms with Gasteiger partial charge in [-0.05, 0) is 46.7 Å². The number of amides is 1. The number of carbonyl (C=O) groups excluding carboxylic acids is 1. The van der Waals surface area contributed by atoms with Crippen molar-refractivity contribution in [2.45, 2.75) is 18.9 Å². The molecular weight excluding hydrogens is 291 g/mol. The second kappa shape index (κ2) is 5.31. The first kappa shape index (κ1) is 11.5. The highest BCUT2D eigenvalue weighted by Gasteiger charge is 2.06. The van der Waals surface area contributed by atoms with Crippen LogP contribution in [0.2, 0.25) is 0 Å². The van der Waals surface area contributed by atoms with E-state index in [9.17, 15) is 4.79 Å². The lowest BCUT2D eigenvalue weighted by atomic mass is 10.0. The number of halogens is 1. The van der Waals surface area contributed by atoms with Gasteiger partial charge in [-0.1, -0.05) is 12.1 Å². The first-order chi connectivity index (χ1) is 6.59. The van der Waals surface area contributed by atoms with Crippen LogP contribution in [0.25, 0.3) is 0 Å². The Hall–Kier alpha value is -0.620. The summed E-state index contributed by atoms with van der Waals surface area (Å²) in [6.45, 7) is 0. The number of hydrogen-bond donors (Lipinski definition) is 2. The molecule has 4 N–H and O–H groups in total. The van der Waals surface area contributed by atoms with Gasteiger partial charge in [0, 0.05) is 16.0 Å². The summed E-state index contributed by atoms with van der Waals surface area (Å²) >= 11 is 2.24. The Morgan fingerprint density at radius 3 is 2.43 bits per heavy atom. The lowest BCUT2D eigenvalue weighted by molar-refractivity contribution is -0.118. The molecule has 1 unspecified atom stereocenters. The van der Waals surface area contributed by atoms with E-state index in [2.05, 4.69) is 22.6 Å². The van der Waals surface area contributed by atoms with Crippen molar-refractivity contribution in [1.29, 1.82) is 0 Å². The minimum Gasteiger partial charge on any atom is -0.370 e. The van der Waals surface area contributed by atoms with Gasteiger partial charge in [0.15, 0.2) is 0 Å². The van der Waals surface area contributed by atoms with Crippen molar-refractivity contribution in [1.82, 2.24) is 0 Å². The van der Waals surface area contributed by atoms with Crippen LogP contribution in [0.4, 0.5) is 0 Å². The molecule has 0 aliphatic carbocycles. The van der Waals surface area contributed by atoms with Crippen LogP contribution in [-0.2, 0) is 4.79 Å². The summed E-state index contributed by atoms with van der Waals surface area (Å²) in [4.78, 5) is 10.6. The molecule has 4 heteroatoms. The van der Waals surface area contributed by atoms with Gasteiger partial charge in [0.25, 0.3) is 0 Å². The van der Waals surface area contributed by atoms with Gasteiger partial charge in [-0.3, -0.25) is 4.79 Å². The van der Waals surface area contributed by atoms with Crippen LogP contribution in [-0.4, -0.2) is 5.91 Å². The number of benzene rings is 1. The number of nitrogens with two attached hydrogens (primary N) is 2. The van der Waals surface area contributed by atoms with Crippen LogP contribution in [0, 0.1) is 3.57 Å². The van der Waals surface area contributed by atoms with Crippen LogP contribution in [0.15, 0.2) is 24.3 Å². The highest BCUT2D eigenvalue weighted by molar-refractivity contribution is 14.1. The quantitative estimate of drug-likeness (QED) is 0.829. The molecule has 1 amide bonds. The fourth-order valence-corrected chi connectivity index (χ4v) is 1.53. The van der Waals surface area contributed by atoms with Gasteiger partial charge >= 0.3 is 0 Å². The second-order valence-electron chi connectivity index (χ2n) is 3.16. The summed E-state index contributed by atoms with van der Waals surface area (Å²) in [5.41, 5.74) is 12.0. The van der Waals surface area contributed by atoms with Crippen molar-refractivity contribution >= 4 is 28.5 Å². The zero-order valence-electron chi connectivity index (χ0n) is 7.74. The minimum absolute atomic E-state index is 0.0977. The summed E-state index contributed by atoms with van der Waals surface area (Å²) in [6, 6.07) is 7.86. The third kappa shape index (κ3) is 3.63. The van der Waals surface area contributed by atoms with E-state index in [1.807, 2.05) is 24.3 Å². The van der Waals surface area contributed by atoms with Crippen molar-refractivity contribution in [2.75, 3.05) is 0 Å². The summed E-state index contributed by atoms with van der Waals surface area (Å²) < 4.78 is 1.17. The van der Waals surface area contributed by atoms with Crippen molar-refractivity contribution in [3.63, 3.8) is 0 Å². The van der Waals surface area contributed by atoms with E-state index in [1.54, 1.807) is 0 Å². The predicted octanol–water partition coefficient (Wildman–Crippen LogP) is 1.56. The van der Waals surface area contributed by atoms with E-state index in [1.165, 1.54) is 3.57 Å². The van der Waals surface area contributed by atoms with Gasteiger partial charge in [0.1, 0.15) is 0 Å². The zero-order chi connectivity index (χ0) is 10.6. The SMILES string of the molecule is NC(=O)CCC(N)c1ccc(I)cc1. The topological polar surface area (TPSA) is 69.1 Å². The molecular formula is C10H13IN2O. The Morgan fingerprint density at radius 2 is 1.93 bits per heavy atom. The molecule has 1 aromatic rings. The Balaban J connectivity index is 2.56. The van der Waals surface area contributed by atoms with Gasteiger partial charge in [-0.15, -0.1) is 0 Å². The van der Waals surface area contributed by atoms with Gasteiger partial charge in [0.05, 0.1) is 0 Å². The number of hydrogen-bond acceptors (Lipinski definition) is 2. The molecule has 14 heavy (non-hydrogen) atoms. The number of rotatable bonds is 4. The van der Waals surface area contributed by atoms with Gasteiger partial charge in [0.2, 0.25) is 5.91 Å². The fourth-order valence-electron chi connectivity index (χ4n) is 1.17. The van der Waals surface area contributed by atoms with Crippen molar-refractivity contribution in [3.8, 4) is 0 Å². The van der Waals surface area contributed by atoms with Gasteiger partial charge in [-0.2, -0.15) is 0 Å². The van der Waals surface area contributed by atoms with Gasteiger partial charge in [-0.25, -0.2) is 0 Å². The van der Waals surface area contributed by atoms with Crippen LogP contribution >= 0.6 is 22.6 Å². The molecule has 0 saturated heterocycles. The molecule has 0 saturated carbocycles. The number of primary amides is 1. The highest BCUT2D eigenvalue weighted by atomic mass is 127. The molecule has 0 spiro atoms. The van der Waals surface area contributed by atoms with E-state index < -0.39 is 0 Å². The average Bonchev–Trinajstić information content (AvgIpc) is 2.15. The van der Waals surface area contributed by atoms with Crippen LogP contribution in [0.3, 0.4) is 0 Å². The van der Waals surface area contributed by atoms with E-state index >= 15 is 0 Å². The third-order valence-corrected chi connectivity index (χ3v) is 2.72. The molecule has 1 atom stereocenters. The molecule has 0 aliphatic rings. The Kier molecular flexibility index (Phi) is 4.34.